The average Bonchev–Trinajstić information content (AvgIpc) is 3.48. The van der Waals surface area contributed by atoms with Gasteiger partial charge in [-0.25, -0.2) is 0 Å². The second kappa shape index (κ2) is 10.7. The molecule has 0 saturated carbocycles. The summed E-state index contributed by atoms with van der Waals surface area (Å²) in [5, 5.41) is 2.15. The van der Waals surface area contributed by atoms with Crippen LogP contribution in [0.1, 0.15) is 24.9 Å². The molecule has 5 nitrogen and oxygen atoms in total. The van der Waals surface area contributed by atoms with E-state index in [2.05, 4.69) is 81.1 Å². The summed E-state index contributed by atoms with van der Waals surface area (Å²) in [4.78, 5) is 3.06. The Labute approximate surface area is 271 Å². The van der Waals surface area contributed by atoms with Crippen molar-refractivity contribution in [2.45, 2.75) is 20.8 Å². The van der Waals surface area contributed by atoms with E-state index in [0.29, 0.717) is 34.4 Å². The van der Waals surface area contributed by atoms with Gasteiger partial charge in [-0.05, 0) is 35.2 Å². The second-order valence-electron chi connectivity index (χ2n) is 11.5. The van der Waals surface area contributed by atoms with Crippen LogP contribution in [-0.4, -0.2) is 22.8 Å². The Morgan fingerprint density at radius 2 is 1.63 bits per heavy atom. The Morgan fingerprint density at radius 1 is 0.884 bits per heavy atom. The van der Waals surface area contributed by atoms with E-state index in [1.807, 2.05) is 65.4 Å². The number of ether oxygens (including phenoxy) is 1. The van der Waals surface area contributed by atoms with Gasteiger partial charge in [0, 0.05) is 35.5 Å². The van der Waals surface area contributed by atoms with Gasteiger partial charge in [0.1, 0.15) is 5.82 Å². The van der Waals surface area contributed by atoms with E-state index in [9.17, 15) is 0 Å². The summed E-state index contributed by atoms with van der Waals surface area (Å²) in [7, 11) is 0. The van der Waals surface area contributed by atoms with E-state index in [-0.39, 0.29) is 26.5 Å². The van der Waals surface area contributed by atoms with E-state index in [1.165, 1.54) is 10.5 Å². The molecule has 0 spiro atoms. The van der Waals surface area contributed by atoms with Crippen molar-refractivity contribution in [1.82, 2.24) is 4.57 Å². The molecule has 0 aliphatic carbocycles. The molecule has 2 aliphatic heterocycles. The van der Waals surface area contributed by atoms with Gasteiger partial charge in [0.15, 0.2) is 0 Å². The molecule has 1 aromatic heterocycles. The van der Waals surface area contributed by atoms with Crippen LogP contribution in [0.4, 0.5) is 17.1 Å². The fourth-order valence-electron chi connectivity index (χ4n) is 5.58. The zero-order valence-corrected chi connectivity index (χ0v) is 26.4. The van der Waals surface area contributed by atoms with Gasteiger partial charge in [0.05, 0.1) is 16.9 Å². The molecule has 2 aliphatic rings. The molecule has 3 heterocycles. The smallest absolute Gasteiger partial charge is 0.510 e. The van der Waals surface area contributed by atoms with Crippen LogP contribution in [0.2, 0.25) is 0 Å². The summed E-state index contributed by atoms with van der Waals surface area (Å²) in [5.74, 6) is 1.30. The van der Waals surface area contributed by atoms with Crippen molar-refractivity contribution in [3.8, 4) is 11.5 Å². The monoisotopic (exact) mass is 746 g/mol. The molecule has 0 saturated heterocycles. The van der Waals surface area contributed by atoms with Gasteiger partial charge in [-0.3, -0.25) is 9.14 Å². The Kier molecular flexibility index (Phi) is 6.22. The normalized spacial score (nSPS) is 16.1. The van der Waals surface area contributed by atoms with E-state index in [1.54, 1.807) is 11.0 Å². The molecule has 4 aromatic carbocycles. The van der Waals surface area contributed by atoms with Crippen molar-refractivity contribution in [1.29, 1.82) is 0 Å². The predicted molar refractivity (Wildman–Crippen MR) is 172 cm³/mol. The third kappa shape index (κ3) is 4.78. The van der Waals surface area contributed by atoms with Gasteiger partial charge in [-0.1, -0.05) is 80.4 Å². The Bertz CT molecular complexity index is 2090. The minimum absolute atomic E-state index is 0. The van der Waals surface area contributed by atoms with Crippen molar-refractivity contribution in [2.75, 3.05) is 16.8 Å². The topological polar surface area (TPSA) is 23.6 Å². The molecular weight excluding hydrogens is 712 g/mol. The molecule has 0 N–H and O–H groups in total. The Hall–Kier alpha value is -4.47. The third-order valence-electron chi connectivity index (χ3n) is 7.76. The maximum atomic E-state index is 8.10. The summed E-state index contributed by atoms with van der Waals surface area (Å²) >= 11 is 0. The van der Waals surface area contributed by atoms with Gasteiger partial charge >= 0.3 is 21.1 Å². The second-order valence-corrected chi connectivity index (χ2v) is 11.5. The quantitative estimate of drug-likeness (QED) is 0.136. The first-order chi connectivity index (χ1) is 21.4. The van der Waals surface area contributed by atoms with Crippen LogP contribution >= 0.6 is 0 Å². The molecule has 0 fully saturated rings. The molecule has 0 atom stereocenters. The average molecular weight is 747 g/mol. The molecule has 0 bridgehead atoms. The van der Waals surface area contributed by atoms with Crippen molar-refractivity contribution in [3.05, 3.63) is 133 Å². The number of allylic oxidation sites excluding steroid dienone is 2. The molecule has 43 heavy (non-hydrogen) atoms. The molecule has 216 valence electrons. The van der Waals surface area contributed by atoms with E-state index >= 15 is 0 Å². The van der Waals surface area contributed by atoms with Gasteiger partial charge < -0.3 is 14.5 Å². The first-order valence-electron chi connectivity index (χ1n) is 15.3. The van der Waals surface area contributed by atoms with Crippen LogP contribution in [-0.2, 0) is 21.1 Å². The first kappa shape index (κ1) is 25.1. The molecular formula is C37H32N4OPt. The Morgan fingerprint density at radius 3 is 2.42 bits per heavy atom. The summed E-state index contributed by atoms with van der Waals surface area (Å²) in [5.41, 5.74) is 4.96. The van der Waals surface area contributed by atoms with Crippen LogP contribution in [0, 0.1) is 23.7 Å². The zero-order valence-electron chi connectivity index (χ0n) is 27.2. The van der Waals surface area contributed by atoms with Crippen molar-refractivity contribution in [2.24, 2.45) is 5.41 Å². The van der Waals surface area contributed by atoms with Crippen LogP contribution in [0.15, 0.2) is 115 Å². The number of hydrogen-bond acceptors (Lipinski definition) is 3. The van der Waals surface area contributed by atoms with Gasteiger partial charge in [-0.2, -0.15) is 12.1 Å². The molecule has 7 rings (SSSR count). The van der Waals surface area contributed by atoms with Gasteiger partial charge in [0.25, 0.3) is 0 Å². The summed E-state index contributed by atoms with van der Waals surface area (Å²) in [6.45, 7) is 12.6. The van der Waals surface area contributed by atoms with Crippen molar-refractivity contribution < 1.29 is 34.5 Å². The number of nitrogens with zero attached hydrogens (tertiary/aromatic N) is 4. The number of rotatable bonds is 4. The van der Waals surface area contributed by atoms with Gasteiger partial charge in [-0.15, -0.1) is 35.7 Å². The standard InChI is InChI=1S/C37H32N4O.Pt/c1-25-39(6)33-16-9-10-17-34(33)40(25)27-12-11-13-28(23-27)42-29-18-19-31-30-14-7-8-15-32(30)41(35(31)24-29)36-22-26(37(2,3)4)20-21-38(36)5;/h7-22H,1,5H2,2-4,6H3;/q-2;+2/i6D3;. The maximum absolute atomic E-state index is 8.10. The number of hydrogen-bond donors (Lipinski definition) is 0. The minimum atomic E-state index is -2.39. The third-order valence-corrected chi connectivity index (χ3v) is 7.76. The van der Waals surface area contributed by atoms with Crippen LogP contribution in [0.25, 0.3) is 21.8 Å². The summed E-state index contributed by atoms with van der Waals surface area (Å²) < 4.78 is 34.7. The van der Waals surface area contributed by atoms with E-state index in [4.69, 9.17) is 8.85 Å². The summed E-state index contributed by atoms with van der Waals surface area (Å²) in [6, 6.07) is 32.0. The number of benzene rings is 4. The van der Waals surface area contributed by atoms with Gasteiger partial charge in [0.2, 0.25) is 6.17 Å². The van der Waals surface area contributed by atoms with Crippen LogP contribution in [0.3, 0.4) is 0 Å². The number of fused-ring (bicyclic) bond motifs is 4. The molecule has 6 heteroatoms. The van der Waals surface area contributed by atoms with E-state index in [0.717, 1.165) is 28.0 Å². The SMILES string of the molecule is [2H]C([2H])([2H])N1C(=C)N(c2[c-]c(Oc3[c-]c4c(cc3)c3ccccc3n4[C-]3C=C(C(C)(C)C)C=C[N+]3=C)ccc2)c2ccccc21.[Pt+2]. The van der Waals surface area contributed by atoms with Crippen molar-refractivity contribution >= 4 is 45.6 Å². The first-order valence-corrected chi connectivity index (χ1v) is 13.8. The van der Waals surface area contributed by atoms with E-state index < -0.39 is 6.98 Å². The summed E-state index contributed by atoms with van der Waals surface area (Å²) in [6.07, 6.45) is 7.20. The number of para-hydroxylation sites is 3. The minimum Gasteiger partial charge on any atom is -0.510 e. The molecule has 5 aromatic rings. The fourth-order valence-corrected chi connectivity index (χ4v) is 5.58. The zero-order chi connectivity index (χ0) is 31.7. The fraction of sp³-hybridized carbons (Fsp3) is 0.135. The van der Waals surface area contributed by atoms with Crippen LogP contribution < -0.4 is 14.5 Å². The predicted octanol–water partition coefficient (Wildman–Crippen LogP) is 8.79. The molecule has 0 amide bonds. The maximum Gasteiger partial charge on any atom is 2.00 e. The number of aromatic nitrogens is 1. The molecule has 0 radical (unpaired) electrons. The molecule has 0 unspecified atom stereocenters. The van der Waals surface area contributed by atoms with Crippen molar-refractivity contribution in [3.63, 3.8) is 0 Å². The number of anilines is 3. The largest absolute Gasteiger partial charge is 2.00 e. The Balaban J connectivity index is 0.00000372. The van der Waals surface area contributed by atoms with Crippen LogP contribution in [0.5, 0.6) is 11.5 Å².